The zero-order chi connectivity index (χ0) is 25.2. The monoisotopic (exact) mass is 492 g/mol. The summed E-state index contributed by atoms with van der Waals surface area (Å²) in [5, 5.41) is 5.19. The molecular weight excluding hydrogens is 465 g/mol. The predicted octanol–water partition coefficient (Wildman–Crippen LogP) is 1.86. The summed E-state index contributed by atoms with van der Waals surface area (Å²) in [7, 11) is 0. The van der Waals surface area contributed by atoms with E-state index in [0.717, 1.165) is 43.9 Å². The minimum absolute atomic E-state index is 0.0525. The summed E-state index contributed by atoms with van der Waals surface area (Å²) in [5.41, 5.74) is -1.08. The Bertz CT molecular complexity index is 1030. The lowest BCUT2D eigenvalue weighted by Gasteiger charge is -2.47. The number of nitrogens with zero attached hydrogens (tertiary/aromatic N) is 2. The van der Waals surface area contributed by atoms with Crippen molar-refractivity contribution in [1.82, 2.24) is 20.4 Å². The van der Waals surface area contributed by atoms with E-state index in [1.165, 1.54) is 12.1 Å². The van der Waals surface area contributed by atoms with Gasteiger partial charge in [0.1, 0.15) is 0 Å². The molecule has 188 valence electrons. The maximum absolute atomic E-state index is 12.8. The highest BCUT2D eigenvalue weighted by Crippen LogP contribution is 2.31. The minimum atomic E-state index is -4.55. The standard InChI is InChI=1S/C24H27F3N4O4/c25-24(26,27)16-3-1-2-15(10-16)23(35)28-12-21(33)29-17-13-30(14-17)18-4-6-19(7-5-18)31-9-8-20(32)11-22(31)34/h1-3,8-10,17-19H,4-7,11-14H2,(H,28,35)(H,29,33). The molecule has 35 heavy (non-hydrogen) atoms. The Morgan fingerprint density at radius 3 is 2.37 bits per heavy atom. The van der Waals surface area contributed by atoms with Crippen molar-refractivity contribution in [2.45, 2.75) is 56.4 Å². The molecule has 2 N–H and O–H groups in total. The maximum atomic E-state index is 12.8. The molecule has 2 fully saturated rings. The van der Waals surface area contributed by atoms with Gasteiger partial charge in [-0.3, -0.25) is 24.1 Å². The zero-order valence-corrected chi connectivity index (χ0v) is 19.0. The summed E-state index contributed by atoms with van der Waals surface area (Å²) in [4.78, 5) is 51.7. The third-order valence-electron chi connectivity index (χ3n) is 6.75. The van der Waals surface area contributed by atoms with Crippen molar-refractivity contribution in [3.63, 3.8) is 0 Å². The number of carbonyl (C=O) groups excluding carboxylic acids is 4. The van der Waals surface area contributed by atoms with Crippen molar-refractivity contribution >= 4 is 23.5 Å². The van der Waals surface area contributed by atoms with E-state index in [4.69, 9.17) is 0 Å². The molecule has 0 spiro atoms. The lowest BCUT2D eigenvalue weighted by atomic mass is 9.87. The fourth-order valence-electron chi connectivity index (χ4n) is 4.85. The van der Waals surface area contributed by atoms with E-state index >= 15 is 0 Å². The number of benzene rings is 1. The van der Waals surface area contributed by atoms with Gasteiger partial charge in [0.2, 0.25) is 11.8 Å². The Kier molecular flexibility index (Phi) is 7.25. The van der Waals surface area contributed by atoms with Gasteiger partial charge in [-0.15, -0.1) is 0 Å². The first-order valence-electron chi connectivity index (χ1n) is 11.6. The van der Waals surface area contributed by atoms with Crippen LogP contribution in [0.1, 0.15) is 48.0 Å². The molecule has 0 aromatic heterocycles. The molecule has 2 heterocycles. The van der Waals surface area contributed by atoms with E-state index in [-0.39, 0.29) is 42.3 Å². The van der Waals surface area contributed by atoms with Crippen molar-refractivity contribution in [2.24, 2.45) is 0 Å². The van der Waals surface area contributed by atoms with Crippen LogP contribution in [0.4, 0.5) is 13.2 Å². The average Bonchev–Trinajstić information content (AvgIpc) is 2.79. The summed E-state index contributed by atoms with van der Waals surface area (Å²) >= 11 is 0. The Morgan fingerprint density at radius 1 is 1.03 bits per heavy atom. The number of nitrogens with one attached hydrogen (secondary N) is 2. The molecule has 3 amide bonds. The van der Waals surface area contributed by atoms with Crippen LogP contribution in [0.3, 0.4) is 0 Å². The van der Waals surface area contributed by atoms with Gasteiger partial charge in [-0.2, -0.15) is 13.2 Å². The Hall–Kier alpha value is -3.21. The summed E-state index contributed by atoms with van der Waals surface area (Å²) in [6.45, 7) is 1.04. The highest BCUT2D eigenvalue weighted by Gasteiger charge is 2.37. The second-order valence-corrected chi connectivity index (χ2v) is 9.20. The highest BCUT2D eigenvalue weighted by molar-refractivity contribution is 6.06. The lowest BCUT2D eigenvalue weighted by Crippen LogP contribution is -2.63. The first-order valence-corrected chi connectivity index (χ1v) is 11.6. The summed E-state index contributed by atoms with van der Waals surface area (Å²) in [6.07, 6.45) is 1.98. The Balaban J connectivity index is 1.15. The Labute approximate surface area is 200 Å². The van der Waals surface area contributed by atoms with Crippen LogP contribution in [-0.2, 0) is 20.6 Å². The molecule has 1 aromatic carbocycles. The van der Waals surface area contributed by atoms with E-state index in [0.29, 0.717) is 19.1 Å². The van der Waals surface area contributed by atoms with Gasteiger partial charge >= 0.3 is 6.18 Å². The van der Waals surface area contributed by atoms with Crippen LogP contribution in [0.15, 0.2) is 36.5 Å². The smallest absolute Gasteiger partial charge is 0.349 e. The van der Waals surface area contributed by atoms with Crippen LogP contribution in [0, 0.1) is 0 Å². The van der Waals surface area contributed by atoms with Crippen LogP contribution < -0.4 is 10.6 Å². The molecular formula is C24H27F3N4O4. The van der Waals surface area contributed by atoms with Gasteiger partial charge in [-0.25, -0.2) is 0 Å². The first-order chi connectivity index (χ1) is 16.6. The lowest BCUT2D eigenvalue weighted by molar-refractivity contribution is -0.138. The first kappa shape index (κ1) is 24.9. The van der Waals surface area contributed by atoms with Gasteiger partial charge in [0, 0.05) is 36.9 Å². The third-order valence-corrected chi connectivity index (χ3v) is 6.75. The molecule has 1 aromatic rings. The molecule has 0 atom stereocenters. The molecule has 2 aliphatic heterocycles. The molecule has 4 rings (SSSR count). The van der Waals surface area contributed by atoms with Crippen molar-refractivity contribution in [2.75, 3.05) is 19.6 Å². The highest BCUT2D eigenvalue weighted by atomic mass is 19.4. The molecule has 8 nitrogen and oxygen atoms in total. The number of hydrogen-bond acceptors (Lipinski definition) is 5. The second-order valence-electron chi connectivity index (χ2n) is 9.20. The number of halogens is 3. The van der Waals surface area contributed by atoms with Gasteiger partial charge in [-0.05, 0) is 50.0 Å². The van der Waals surface area contributed by atoms with Crippen LogP contribution in [0.2, 0.25) is 0 Å². The SMILES string of the molecule is O=C1C=CN(C2CCC(N3CC(NC(=O)CNC(=O)c4cccc(C(F)(F)F)c4)C3)CC2)C(=O)C1. The molecule has 3 aliphatic rings. The van der Waals surface area contributed by atoms with Crippen molar-refractivity contribution in [3.05, 3.63) is 47.7 Å². The number of alkyl halides is 3. The zero-order valence-electron chi connectivity index (χ0n) is 19.0. The number of rotatable bonds is 6. The quantitative estimate of drug-likeness (QED) is 0.591. The van der Waals surface area contributed by atoms with Crippen molar-refractivity contribution in [3.8, 4) is 0 Å². The van der Waals surface area contributed by atoms with Crippen LogP contribution in [-0.4, -0.2) is 71.1 Å². The van der Waals surface area contributed by atoms with Gasteiger partial charge in [0.25, 0.3) is 5.91 Å². The number of amides is 3. The molecule has 1 saturated heterocycles. The van der Waals surface area contributed by atoms with Gasteiger partial charge in [0.05, 0.1) is 24.6 Å². The molecule has 1 aliphatic carbocycles. The number of ketones is 1. The van der Waals surface area contributed by atoms with Crippen LogP contribution >= 0.6 is 0 Å². The van der Waals surface area contributed by atoms with Crippen molar-refractivity contribution < 1.29 is 32.3 Å². The molecule has 1 saturated carbocycles. The van der Waals surface area contributed by atoms with Crippen LogP contribution in [0.25, 0.3) is 0 Å². The summed E-state index contributed by atoms with van der Waals surface area (Å²) in [5.74, 6) is -1.45. The average molecular weight is 492 g/mol. The van der Waals surface area contributed by atoms with Gasteiger partial charge in [-0.1, -0.05) is 6.07 Å². The van der Waals surface area contributed by atoms with Gasteiger partial charge in [0.15, 0.2) is 5.78 Å². The van der Waals surface area contributed by atoms with Crippen LogP contribution in [0.5, 0.6) is 0 Å². The second kappa shape index (κ2) is 10.2. The Morgan fingerprint density at radius 2 is 1.71 bits per heavy atom. The molecule has 0 unspecified atom stereocenters. The molecule has 11 heteroatoms. The number of hydrogen-bond donors (Lipinski definition) is 2. The van der Waals surface area contributed by atoms with E-state index < -0.39 is 23.6 Å². The fraction of sp³-hybridized carbons (Fsp3) is 0.500. The largest absolute Gasteiger partial charge is 0.416 e. The maximum Gasteiger partial charge on any atom is 0.416 e. The van der Waals surface area contributed by atoms with E-state index in [1.54, 1.807) is 11.1 Å². The number of likely N-dealkylation sites (tertiary alicyclic amines) is 1. The fourth-order valence-corrected chi connectivity index (χ4v) is 4.85. The van der Waals surface area contributed by atoms with E-state index in [1.807, 2.05) is 0 Å². The molecule has 0 bridgehead atoms. The van der Waals surface area contributed by atoms with E-state index in [2.05, 4.69) is 15.5 Å². The number of carbonyl (C=O) groups is 4. The topological polar surface area (TPSA) is 98.8 Å². The third kappa shape index (κ3) is 6.08. The predicted molar refractivity (Wildman–Crippen MR) is 119 cm³/mol. The van der Waals surface area contributed by atoms with Crippen molar-refractivity contribution in [1.29, 1.82) is 0 Å². The minimum Gasteiger partial charge on any atom is -0.349 e. The van der Waals surface area contributed by atoms with Gasteiger partial charge < -0.3 is 15.5 Å². The number of allylic oxidation sites excluding steroid dienone is 1. The normalized spacial score (nSPS) is 23.7. The summed E-state index contributed by atoms with van der Waals surface area (Å²) < 4.78 is 38.4. The summed E-state index contributed by atoms with van der Waals surface area (Å²) in [6, 6.07) is 4.47. The molecule has 0 radical (unpaired) electrons. The van der Waals surface area contributed by atoms with E-state index in [9.17, 15) is 32.3 Å².